The molecule has 1 atom stereocenters. The molecular formula is C14H12F3N3O2. The molecule has 22 heavy (non-hydrogen) atoms. The van der Waals surface area contributed by atoms with Gasteiger partial charge in [0.15, 0.2) is 5.82 Å². The summed E-state index contributed by atoms with van der Waals surface area (Å²) in [6, 6.07) is 5.18. The van der Waals surface area contributed by atoms with Gasteiger partial charge in [-0.15, -0.1) is 10.2 Å². The summed E-state index contributed by atoms with van der Waals surface area (Å²) in [6.45, 7) is 0.292. The van der Waals surface area contributed by atoms with E-state index in [4.69, 9.17) is 5.11 Å². The Kier molecular flexibility index (Phi) is 3.38. The smallest absolute Gasteiger partial charge is 0.417 e. The Morgan fingerprint density at radius 2 is 2.00 bits per heavy atom. The molecule has 1 aromatic heterocycles. The van der Waals surface area contributed by atoms with Crippen LogP contribution in [-0.2, 0) is 23.9 Å². The van der Waals surface area contributed by atoms with Crippen molar-refractivity contribution >= 4 is 5.97 Å². The molecule has 0 saturated carbocycles. The van der Waals surface area contributed by atoms with Gasteiger partial charge in [0.1, 0.15) is 5.82 Å². The Morgan fingerprint density at radius 3 is 2.68 bits per heavy atom. The summed E-state index contributed by atoms with van der Waals surface area (Å²) in [4.78, 5) is 11.0. The van der Waals surface area contributed by atoms with Gasteiger partial charge in [-0.1, -0.05) is 18.2 Å². The van der Waals surface area contributed by atoms with Crippen molar-refractivity contribution in [1.29, 1.82) is 0 Å². The predicted molar refractivity (Wildman–Crippen MR) is 69.9 cm³/mol. The van der Waals surface area contributed by atoms with Crippen LogP contribution in [0.2, 0.25) is 0 Å². The van der Waals surface area contributed by atoms with Crippen molar-refractivity contribution in [2.24, 2.45) is 5.92 Å². The fraction of sp³-hybridized carbons (Fsp3) is 0.357. The van der Waals surface area contributed by atoms with Crippen LogP contribution >= 0.6 is 0 Å². The van der Waals surface area contributed by atoms with Gasteiger partial charge in [0.2, 0.25) is 0 Å². The molecule has 2 aromatic rings. The third-order valence-corrected chi connectivity index (χ3v) is 3.78. The molecule has 0 bridgehead atoms. The van der Waals surface area contributed by atoms with Gasteiger partial charge in [0.25, 0.3) is 0 Å². The van der Waals surface area contributed by atoms with Gasteiger partial charge >= 0.3 is 12.1 Å². The van der Waals surface area contributed by atoms with Crippen molar-refractivity contribution in [2.45, 2.75) is 25.6 Å². The second kappa shape index (κ2) is 5.11. The summed E-state index contributed by atoms with van der Waals surface area (Å²) >= 11 is 0. The van der Waals surface area contributed by atoms with Crippen LogP contribution in [0.25, 0.3) is 11.4 Å². The Labute approximate surface area is 123 Å². The van der Waals surface area contributed by atoms with Crippen molar-refractivity contribution in [2.75, 3.05) is 0 Å². The zero-order valence-electron chi connectivity index (χ0n) is 11.3. The van der Waals surface area contributed by atoms with Gasteiger partial charge in [0.05, 0.1) is 11.5 Å². The van der Waals surface area contributed by atoms with Crippen molar-refractivity contribution in [3.63, 3.8) is 0 Å². The molecule has 8 heteroatoms. The number of nitrogens with zero attached hydrogens (tertiary/aromatic N) is 3. The van der Waals surface area contributed by atoms with E-state index in [0.29, 0.717) is 18.8 Å². The highest BCUT2D eigenvalue weighted by Gasteiger charge is 2.35. The molecule has 1 aliphatic heterocycles. The number of hydrogen-bond acceptors (Lipinski definition) is 3. The summed E-state index contributed by atoms with van der Waals surface area (Å²) in [5, 5.41) is 16.8. The number of benzene rings is 1. The number of fused-ring (bicyclic) bond motifs is 1. The minimum absolute atomic E-state index is 0.0393. The Hall–Kier alpha value is -2.38. The van der Waals surface area contributed by atoms with E-state index in [1.165, 1.54) is 18.2 Å². The maximum atomic E-state index is 13.1. The second-order valence-electron chi connectivity index (χ2n) is 5.16. The van der Waals surface area contributed by atoms with Crippen LogP contribution in [-0.4, -0.2) is 25.8 Å². The molecule has 3 rings (SSSR count). The molecule has 0 radical (unpaired) electrons. The summed E-state index contributed by atoms with van der Waals surface area (Å²) in [5.41, 5.74) is -0.812. The number of alkyl halides is 3. The maximum Gasteiger partial charge on any atom is 0.417 e. The minimum atomic E-state index is -4.48. The van der Waals surface area contributed by atoms with Crippen LogP contribution in [0.5, 0.6) is 0 Å². The lowest BCUT2D eigenvalue weighted by Gasteiger charge is -2.21. The fourth-order valence-electron chi connectivity index (χ4n) is 2.66. The number of carboxylic acid groups (broad SMARTS) is 1. The van der Waals surface area contributed by atoms with Crippen LogP contribution < -0.4 is 0 Å². The van der Waals surface area contributed by atoms with E-state index < -0.39 is 23.6 Å². The quantitative estimate of drug-likeness (QED) is 0.925. The SMILES string of the molecule is O=C(O)C1CCn2c(nnc2-c2ccccc2C(F)(F)F)C1. The molecule has 1 aliphatic rings. The number of carbonyl (C=O) groups is 1. The van der Waals surface area contributed by atoms with Gasteiger partial charge in [-0.2, -0.15) is 13.2 Å². The zero-order chi connectivity index (χ0) is 15.9. The first-order valence-electron chi connectivity index (χ1n) is 6.69. The predicted octanol–water partition coefficient (Wildman–Crippen LogP) is 2.61. The molecular weight excluding hydrogens is 299 g/mol. The molecule has 1 N–H and O–H groups in total. The zero-order valence-corrected chi connectivity index (χ0v) is 11.3. The number of hydrogen-bond donors (Lipinski definition) is 1. The van der Waals surface area contributed by atoms with Crippen LogP contribution in [0.4, 0.5) is 13.2 Å². The maximum absolute atomic E-state index is 13.1. The average molecular weight is 311 g/mol. The third kappa shape index (κ3) is 2.44. The average Bonchev–Trinajstić information content (AvgIpc) is 2.89. The van der Waals surface area contributed by atoms with Gasteiger partial charge in [0, 0.05) is 18.5 Å². The van der Waals surface area contributed by atoms with E-state index in [1.54, 1.807) is 4.57 Å². The minimum Gasteiger partial charge on any atom is -0.481 e. The third-order valence-electron chi connectivity index (χ3n) is 3.78. The molecule has 1 aromatic carbocycles. The highest BCUT2D eigenvalue weighted by Crippen LogP contribution is 2.37. The molecule has 116 valence electrons. The Morgan fingerprint density at radius 1 is 1.27 bits per heavy atom. The summed E-state index contributed by atoms with van der Waals surface area (Å²) in [5.74, 6) is -0.953. The fourth-order valence-corrected chi connectivity index (χ4v) is 2.66. The first-order valence-corrected chi connectivity index (χ1v) is 6.69. The van der Waals surface area contributed by atoms with E-state index in [1.807, 2.05) is 0 Å². The Balaban J connectivity index is 2.05. The molecule has 5 nitrogen and oxygen atoms in total. The summed E-state index contributed by atoms with van der Waals surface area (Å²) in [6.07, 6.45) is -3.96. The van der Waals surface area contributed by atoms with Crippen LogP contribution in [0, 0.1) is 5.92 Å². The van der Waals surface area contributed by atoms with E-state index in [9.17, 15) is 18.0 Å². The number of carboxylic acids is 1. The van der Waals surface area contributed by atoms with Crippen molar-refractivity contribution in [3.05, 3.63) is 35.7 Å². The van der Waals surface area contributed by atoms with Gasteiger partial charge in [-0.3, -0.25) is 4.79 Å². The molecule has 0 aliphatic carbocycles. The largest absolute Gasteiger partial charge is 0.481 e. The number of aliphatic carboxylic acids is 1. The van der Waals surface area contributed by atoms with E-state index in [2.05, 4.69) is 10.2 Å². The number of aromatic nitrogens is 3. The second-order valence-corrected chi connectivity index (χ2v) is 5.16. The first-order chi connectivity index (χ1) is 10.4. The molecule has 0 fully saturated rings. The van der Waals surface area contributed by atoms with E-state index in [0.717, 1.165) is 6.07 Å². The van der Waals surface area contributed by atoms with Crippen LogP contribution in [0.1, 0.15) is 17.8 Å². The highest BCUT2D eigenvalue weighted by molar-refractivity contribution is 5.70. The molecule has 0 spiro atoms. The molecule has 1 unspecified atom stereocenters. The van der Waals surface area contributed by atoms with E-state index >= 15 is 0 Å². The molecule has 0 saturated heterocycles. The van der Waals surface area contributed by atoms with E-state index in [-0.39, 0.29) is 17.8 Å². The lowest BCUT2D eigenvalue weighted by atomic mass is 9.97. The monoisotopic (exact) mass is 311 g/mol. The number of rotatable bonds is 2. The van der Waals surface area contributed by atoms with Gasteiger partial charge < -0.3 is 9.67 Å². The van der Waals surface area contributed by atoms with Crippen LogP contribution in [0.15, 0.2) is 24.3 Å². The number of halogens is 3. The van der Waals surface area contributed by atoms with Crippen molar-refractivity contribution < 1.29 is 23.1 Å². The standard InChI is InChI=1S/C14H12F3N3O2/c15-14(16,17)10-4-2-1-3-9(10)12-19-18-11-7-8(13(21)22)5-6-20(11)12/h1-4,8H,5-7H2,(H,21,22). The lowest BCUT2D eigenvalue weighted by molar-refractivity contribution is -0.142. The Bertz CT molecular complexity index is 724. The topological polar surface area (TPSA) is 68.0 Å². The summed E-state index contributed by atoms with van der Waals surface area (Å²) in [7, 11) is 0. The van der Waals surface area contributed by atoms with Crippen molar-refractivity contribution in [1.82, 2.24) is 14.8 Å². The normalized spacial score (nSPS) is 18.0. The van der Waals surface area contributed by atoms with Gasteiger partial charge in [-0.05, 0) is 12.5 Å². The lowest BCUT2D eigenvalue weighted by Crippen LogP contribution is -2.26. The van der Waals surface area contributed by atoms with Gasteiger partial charge in [-0.25, -0.2) is 0 Å². The highest BCUT2D eigenvalue weighted by atomic mass is 19.4. The van der Waals surface area contributed by atoms with Crippen molar-refractivity contribution in [3.8, 4) is 11.4 Å². The van der Waals surface area contributed by atoms with Crippen LogP contribution in [0.3, 0.4) is 0 Å². The molecule has 0 amide bonds. The molecule has 2 heterocycles. The first kappa shape index (κ1) is 14.6. The summed E-state index contributed by atoms with van der Waals surface area (Å²) < 4.78 is 40.9.